The third-order valence-electron chi connectivity index (χ3n) is 4.67. The fraction of sp³-hybridized carbons (Fsp3) is 0.421. The number of allylic oxidation sites excluding steroid dienone is 3. The SMILES string of the molecule is C=C(C1=C(N(C)N=O)CCCC1)c1cnc2[nH]cc(C(=O)NC(C)C)c2n1. The average Bonchev–Trinajstić information content (AvgIpc) is 3.09. The number of nitrogens with zero attached hydrogens (tertiary/aromatic N) is 4. The molecule has 0 fully saturated rings. The molecule has 0 atom stereocenters. The molecule has 0 radical (unpaired) electrons. The molecule has 3 rings (SSSR count). The second kappa shape index (κ2) is 7.69. The molecular formula is C19H24N6O2. The molecule has 1 aliphatic carbocycles. The van der Waals surface area contributed by atoms with Crippen molar-refractivity contribution < 1.29 is 4.79 Å². The first-order valence-corrected chi connectivity index (χ1v) is 9.06. The van der Waals surface area contributed by atoms with Gasteiger partial charge in [0.05, 0.1) is 22.7 Å². The molecule has 27 heavy (non-hydrogen) atoms. The molecular weight excluding hydrogens is 344 g/mol. The zero-order valence-corrected chi connectivity index (χ0v) is 15.9. The van der Waals surface area contributed by atoms with E-state index in [2.05, 4.69) is 32.1 Å². The number of aromatic nitrogens is 3. The fourth-order valence-corrected chi connectivity index (χ4v) is 3.33. The topological polar surface area (TPSA) is 103 Å². The molecule has 2 heterocycles. The van der Waals surface area contributed by atoms with Gasteiger partial charge < -0.3 is 10.3 Å². The van der Waals surface area contributed by atoms with E-state index in [1.807, 2.05) is 13.8 Å². The van der Waals surface area contributed by atoms with Crippen molar-refractivity contribution in [3.63, 3.8) is 0 Å². The number of aromatic amines is 1. The fourth-order valence-electron chi connectivity index (χ4n) is 3.33. The van der Waals surface area contributed by atoms with Gasteiger partial charge in [0.25, 0.3) is 5.91 Å². The van der Waals surface area contributed by atoms with E-state index < -0.39 is 0 Å². The first kappa shape index (κ1) is 18.8. The molecule has 2 aromatic heterocycles. The molecule has 0 saturated heterocycles. The summed E-state index contributed by atoms with van der Waals surface area (Å²) in [6, 6.07) is 0.0230. The van der Waals surface area contributed by atoms with E-state index in [-0.39, 0.29) is 11.9 Å². The Balaban J connectivity index is 2.01. The number of H-pyrrole nitrogens is 1. The van der Waals surface area contributed by atoms with Crippen LogP contribution >= 0.6 is 0 Å². The number of carbonyl (C=O) groups excluding carboxylic acids is 1. The largest absolute Gasteiger partial charge is 0.350 e. The van der Waals surface area contributed by atoms with Gasteiger partial charge in [0, 0.05) is 25.0 Å². The van der Waals surface area contributed by atoms with E-state index in [9.17, 15) is 9.70 Å². The maximum atomic E-state index is 12.4. The van der Waals surface area contributed by atoms with Gasteiger partial charge in [-0.25, -0.2) is 15.0 Å². The van der Waals surface area contributed by atoms with Crippen molar-refractivity contribution in [2.24, 2.45) is 5.29 Å². The van der Waals surface area contributed by atoms with Crippen LogP contribution in [0.5, 0.6) is 0 Å². The number of fused-ring (bicyclic) bond motifs is 1. The normalized spacial score (nSPS) is 14.5. The van der Waals surface area contributed by atoms with Gasteiger partial charge in [-0.3, -0.25) is 4.79 Å². The van der Waals surface area contributed by atoms with E-state index in [4.69, 9.17) is 0 Å². The molecule has 0 spiro atoms. The lowest BCUT2D eigenvalue weighted by atomic mass is 9.90. The zero-order valence-electron chi connectivity index (χ0n) is 15.9. The molecule has 0 aliphatic heterocycles. The molecule has 8 nitrogen and oxygen atoms in total. The second-order valence-electron chi connectivity index (χ2n) is 7.00. The number of hydrogen-bond acceptors (Lipinski definition) is 5. The molecule has 1 aliphatic rings. The number of nitroso groups, excluding NO2 is 1. The monoisotopic (exact) mass is 368 g/mol. The molecule has 142 valence electrons. The van der Waals surface area contributed by atoms with Gasteiger partial charge in [0.2, 0.25) is 0 Å². The quantitative estimate of drug-likeness (QED) is 0.599. The van der Waals surface area contributed by atoms with Crippen LogP contribution in [0.15, 0.2) is 35.5 Å². The summed E-state index contributed by atoms with van der Waals surface area (Å²) in [6.07, 6.45) is 6.86. The highest BCUT2D eigenvalue weighted by Crippen LogP contribution is 2.35. The number of rotatable bonds is 6. The van der Waals surface area contributed by atoms with Crippen molar-refractivity contribution in [2.75, 3.05) is 7.05 Å². The molecule has 1 amide bonds. The van der Waals surface area contributed by atoms with Crippen LogP contribution in [0.1, 0.15) is 55.6 Å². The number of amides is 1. The minimum absolute atomic E-state index is 0.0230. The van der Waals surface area contributed by atoms with Gasteiger partial charge in [-0.1, -0.05) is 6.58 Å². The first-order valence-electron chi connectivity index (χ1n) is 9.06. The molecule has 0 aromatic carbocycles. The summed E-state index contributed by atoms with van der Waals surface area (Å²) in [5.41, 5.74) is 4.65. The third kappa shape index (κ3) is 3.74. The Kier molecular flexibility index (Phi) is 5.34. The van der Waals surface area contributed by atoms with Crippen molar-refractivity contribution in [1.82, 2.24) is 25.3 Å². The molecule has 2 aromatic rings. The van der Waals surface area contributed by atoms with Crippen molar-refractivity contribution in [3.8, 4) is 0 Å². The van der Waals surface area contributed by atoms with Gasteiger partial charge >= 0.3 is 0 Å². The molecule has 0 unspecified atom stereocenters. The molecule has 0 saturated carbocycles. The van der Waals surface area contributed by atoms with Crippen LogP contribution in [0.4, 0.5) is 0 Å². The van der Waals surface area contributed by atoms with Crippen molar-refractivity contribution in [1.29, 1.82) is 0 Å². The number of hydrogen-bond donors (Lipinski definition) is 2. The van der Waals surface area contributed by atoms with Crippen LogP contribution in [-0.2, 0) is 0 Å². The van der Waals surface area contributed by atoms with Crippen LogP contribution in [0.25, 0.3) is 16.7 Å². The summed E-state index contributed by atoms with van der Waals surface area (Å²) >= 11 is 0. The van der Waals surface area contributed by atoms with E-state index in [1.165, 1.54) is 5.01 Å². The second-order valence-corrected chi connectivity index (χ2v) is 7.00. The molecule has 8 heteroatoms. The lowest BCUT2D eigenvalue weighted by Crippen LogP contribution is -2.30. The summed E-state index contributed by atoms with van der Waals surface area (Å²) in [6.45, 7) is 7.99. The minimum atomic E-state index is -0.198. The van der Waals surface area contributed by atoms with Crippen molar-refractivity contribution in [3.05, 3.63) is 46.4 Å². The third-order valence-corrected chi connectivity index (χ3v) is 4.67. The Labute approximate surface area is 157 Å². The maximum absolute atomic E-state index is 12.4. The Bertz CT molecular complexity index is 927. The Morgan fingerprint density at radius 2 is 2.11 bits per heavy atom. The van der Waals surface area contributed by atoms with Crippen LogP contribution in [0, 0.1) is 4.91 Å². The predicted octanol–water partition coefficient (Wildman–Crippen LogP) is 3.55. The number of carbonyl (C=O) groups is 1. The van der Waals surface area contributed by atoms with Crippen LogP contribution < -0.4 is 5.32 Å². The van der Waals surface area contributed by atoms with Crippen LogP contribution in [0.2, 0.25) is 0 Å². The molecule has 2 N–H and O–H groups in total. The van der Waals surface area contributed by atoms with E-state index in [0.717, 1.165) is 37.0 Å². The van der Waals surface area contributed by atoms with Crippen LogP contribution in [0.3, 0.4) is 0 Å². The average molecular weight is 368 g/mol. The van der Waals surface area contributed by atoms with Gasteiger partial charge in [-0.2, -0.15) is 0 Å². The van der Waals surface area contributed by atoms with Gasteiger partial charge in [-0.15, -0.1) is 4.91 Å². The van der Waals surface area contributed by atoms with Gasteiger partial charge in [0.15, 0.2) is 5.65 Å². The van der Waals surface area contributed by atoms with E-state index in [0.29, 0.717) is 28.0 Å². The zero-order chi connectivity index (χ0) is 19.6. The van der Waals surface area contributed by atoms with Crippen molar-refractivity contribution >= 4 is 22.6 Å². The van der Waals surface area contributed by atoms with E-state index in [1.54, 1.807) is 19.4 Å². The highest BCUT2D eigenvalue weighted by atomic mass is 16.3. The van der Waals surface area contributed by atoms with E-state index >= 15 is 0 Å². The Morgan fingerprint density at radius 1 is 1.37 bits per heavy atom. The maximum Gasteiger partial charge on any atom is 0.255 e. The van der Waals surface area contributed by atoms with Crippen LogP contribution in [-0.4, -0.2) is 39.0 Å². The first-order chi connectivity index (χ1) is 12.9. The Hall–Kier alpha value is -3.03. The smallest absolute Gasteiger partial charge is 0.255 e. The summed E-state index contributed by atoms with van der Waals surface area (Å²) < 4.78 is 0. The summed E-state index contributed by atoms with van der Waals surface area (Å²) in [5, 5.41) is 7.27. The predicted molar refractivity (Wildman–Crippen MR) is 105 cm³/mol. The van der Waals surface area contributed by atoms with Gasteiger partial charge in [-0.05, 0) is 50.7 Å². The summed E-state index contributed by atoms with van der Waals surface area (Å²) in [7, 11) is 1.65. The minimum Gasteiger partial charge on any atom is -0.350 e. The highest BCUT2D eigenvalue weighted by Gasteiger charge is 2.22. The summed E-state index contributed by atoms with van der Waals surface area (Å²) in [5.74, 6) is -0.198. The standard InChI is InChI=1S/C19H24N6O2/c1-11(2)22-19(26)14-9-20-18-17(14)23-15(10-21-18)12(3)13-7-5-6-8-16(13)25(4)24-27/h9-11H,3,5-8H2,1-2,4H3,(H,20,21)(H,22,26). The highest BCUT2D eigenvalue weighted by molar-refractivity contribution is 6.04. The van der Waals surface area contributed by atoms with Gasteiger partial charge in [0.1, 0.15) is 5.52 Å². The lowest BCUT2D eigenvalue weighted by molar-refractivity contribution is 0.0944. The lowest BCUT2D eigenvalue weighted by Gasteiger charge is -2.24. The molecule has 0 bridgehead atoms. The summed E-state index contributed by atoms with van der Waals surface area (Å²) in [4.78, 5) is 35.4. The Morgan fingerprint density at radius 3 is 2.81 bits per heavy atom. The van der Waals surface area contributed by atoms with Crippen molar-refractivity contribution in [2.45, 2.75) is 45.6 Å². The number of nitrogens with one attached hydrogen (secondary N) is 2.